The van der Waals surface area contributed by atoms with Crippen LogP contribution in [-0.2, 0) is 0 Å². The van der Waals surface area contributed by atoms with Crippen LogP contribution in [0, 0.1) is 13.8 Å². The molecule has 1 fully saturated rings. The van der Waals surface area contributed by atoms with Crippen molar-refractivity contribution in [2.24, 2.45) is 0 Å². The molecule has 0 radical (unpaired) electrons. The first-order valence-corrected chi connectivity index (χ1v) is 11.3. The summed E-state index contributed by atoms with van der Waals surface area (Å²) in [5, 5.41) is 15.2. The molecule has 0 spiro atoms. The summed E-state index contributed by atoms with van der Waals surface area (Å²) in [4.78, 5) is 14.7. The molecule has 166 valence electrons. The quantitative estimate of drug-likeness (QED) is 0.452. The number of aromatic nitrogens is 3. The maximum absolute atomic E-state index is 13.0. The molecule has 5 rings (SSSR count). The van der Waals surface area contributed by atoms with Crippen molar-refractivity contribution < 1.29 is 14.6 Å². The Morgan fingerprint density at radius 3 is 2.81 bits per heavy atom. The second-order valence-corrected chi connectivity index (χ2v) is 9.08. The van der Waals surface area contributed by atoms with Crippen LogP contribution in [0.4, 0.5) is 0 Å². The third kappa shape index (κ3) is 3.24. The van der Waals surface area contributed by atoms with Gasteiger partial charge in [-0.1, -0.05) is 0 Å². The van der Waals surface area contributed by atoms with E-state index in [0.717, 1.165) is 27.7 Å². The Labute approximate surface area is 190 Å². The van der Waals surface area contributed by atoms with E-state index < -0.39 is 6.10 Å². The van der Waals surface area contributed by atoms with Crippen LogP contribution in [0.3, 0.4) is 0 Å². The van der Waals surface area contributed by atoms with Crippen LogP contribution in [0.15, 0.2) is 42.7 Å². The molecular weight excluding hydrogens is 426 g/mol. The van der Waals surface area contributed by atoms with Crippen molar-refractivity contribution in [3.63, 3.8) is 0 Å². The van der Waals surface area contributed by atoms with E-state index in [1.807, 2.05) is 45.2 Å². The van der Waals surface area contributed by atoms with Crippen LogP contribution in [0.2, 0.25) is 0 Å². The molecule has 4 heterocycles. The van der Waals surface area contributed by atoms with Gasteiger partial charge in [0, 0.05) is 42.0 Å². The number of likely N-dealkylation sites (tertiary alicyclic amines) is 1. The average molecular weight is 452 g/mol. The molecule has 1 saturated heterocycles. The molecule has 0 bridgehead atoms. The van der Waals surface area contributed by atoms with Gasteiger partial charge in [-0.3, -0.25) is 8.77 Å². The molecule has 0 aliphatic carbocycles. The fraction of sp³-hybridized carbons (Fsp3) is 0.304. The Bertz CT molecular complexity index is 1340. The minimum absolute atomic E-state index is 0.1000. The first-order valence-electron chi connectivity index (χ1n) is 10.5. The summed E-state index contributed by atoms with van der Waals surface area (Å²) in [6.07, 6.45) is 2.93. The third-order valence-corrected chi connectivity index (χ3v) is 6.98. The molecule has 0 unspecified atom stereocenters. The van der Waals surface area contributed by atoms with E-state index in [-0.39, 0.29) is 11.9 Å². The highest BCUT2D eigenvalue weighted by atomic mass is 32.2. The average Bonchev–Trinajstić information content (AvgIpc) is 3.28. The number of nitrogens with one attached hydrogen (secondary N) is 1. The van der Waals surface area contributed by atoms with Gasteiger partial charge in [-0.15, -0.1) is 0 Å². The van der Waals surface area contributed by atoms with Crippen molar-refractivity contribution in [3.8, 4) is 11.5 Å². The molecule has 2 atom stereocenters. The van der Waals surface area contributed by atoms with Gasteiger partial charge in [0.2, 0.25) is 0 Å². The van der Waals surface area contributed by atoms with E-state index in [9.17, 15) is 9.90 Å². The summed E-state index contributed by atoms with van der Waals surface area (Å²) in [5.74, 6) is 1.25. The number of amides is 1. The lowest BCUT2D eigenvalue weighted by Gasteiger charge is -2.43. The van der Waals surface area contributed by atoms with Gasteiger partial charge < -0.3 is 14.7 Å². The van der Waals surface area contributed by atoms with Gasteiger partial charge >= 0.3 is 0 Å². The molecule has 1 aliphatic heterocycles. The van der Waals surface area contributed by atoms with Crippen LogP contribution in [0.25, 0.3) is 16.4 Å². The van der Waals surface area contributed by atoms with Crippen molar-refractivity contribution in [1.82, 2.24) is 23.2 Å². The number of aliphatic hydroxyl groups excluding tert-OH is 1. The Hall–Kier alpha value is -3.01. The number of rotatable bonds is 5. The highest BCUT2D eigenvalue weighted by molar-refractivity contribution is 7.96. The molecular formula is C23H25N5O3S. The molecule has 3 aromatic heterocycles. The molecule has 2 N–H and O–H groups in total. The summed E-state index contributed by atoms with van der Waals surface area (Å²) in [7, 11) is 1.89. The van der Waals surface area contributed by atoms with Crippen LogP contribution < -0.4 is 9.46 Å². The van der Waals surface area contributed by atoms with E-state index in [1.165, 1.54) is 12.1 Å². The predicted octanol–water partition coefficient (Wildman–Crippen LogP) is 3.53. The SMILES string of the molecule is CNSn1c(C)cc2cc(Oc3ccnn4cc(C(=O)N5C[C@@H](O)[C@H]5C)c(C)c34)ccc21. The number of carbonyl (C=O) groups excluding carboxylic acids is 1. The maximum Gasteiger partial charge on any atom is 0.256 e. The van der Waals surface area contributed by atoms with Crippen molar-refractivity contribution in [2.75, 3.05) is 13.6 Å². The number of carbonyl (C=O) groups is 1. The van der Waals surface area contributed by atoms with Gasteiger partial charge in [0.15, 0.2) is 5.75 Å². The number of ether oxygens (including phenoxy) is 1. The number of hydrogen-bond donors (Lipinski definition) is 2. The van der Waals surface area contributed by atoms with E-state index in [4.69, 9.17) is 4.74 Å². The fourth-order valence-electron chi connectivity index (χ4n) is 4.24. The molecule has 4 aromatic rings. The zero-order valence-corrected chi connectivity index (χ0v) is 19.2. The van der Waals surface area contributed by atoms with Gasteiger partial charge in [0.05, 0.1) is 29.4 Å². The smallest absolute Gasteiger partial charge is 0.256 e. The van der Waals surface area contributed by atoms with Gasteiger partial charge in [-0.05, 0) is 57.6 Å². The number of nitrogens with zero attached hydrogens (tertiary/aromatic N) is 4. The number of benzene rings is 1. The minimum Gasteiger partial charge on any atom is -0.455 e. The van der Waals surface area contributed by atoms with Crippen molar-refractivity contribution in [2.45, 2.75) is 32.9 Å². The molecule has 8 nitrogen and oxygen atoms in total. The first kappa shape index (κ1) is 20.9. The zero-order valence-electron chi connectivity index (χ0n) is 18.4. The minimum atomic E-state index is -0.465. The largest absolute Gasteiger partial charge is 0.455 e. The highest BCUT2D eigenvalue weighted by Crippen LogP contribution is 2.34. The van der Waals surface area contributed by atoms with Crippen LogP contribution >= 0.6 is 12.1 Å². The normalized spacial score (nSPS) is 18.3. The standard InChI is InChI=1S/C23H25N5O3S/c1-13-9-16-10-17(5-6-19(16)28(13)32-24-4)31-21-7-8-25-27-11-18(14(2)22(21)27)23(30)26-12-20(29)15(26)3/h5-11,15,20,24,29H,12H2,1-4H3/t15-,20-/m1/s1. The second-order valence-electron chi connectivity index (χ2n) is 8.12. The van der Waals surface area contributed by atoms with E-state index >= 15 is 0 Å². The molecule has 0 saturated carbocycles. The summed E-state index contributed by atoms with van der Waals surface area (Å²) in [5.41, 5.74) is 4.37. The number of fused-ring (bicyclic) bond motifs is 2. The third-order valence-electron chi connectivity index (χ3n) is 6.13. The summed E-state index contributed by atoms with van der Waals surface area (Å²) in [6, 6.07) is 9.74. The lowest BCUT2D eigenvalue weighted by molar-refractivity contribution is -0.0357. The molecule has 9 heteroatoms. The summed E-state index contributed by atoms with van der Waals surface area (Å²) >= 11 is 1.53. The van der Waals surface area contributed by atoms with Crippen molar-refractivity contribution >= 4 is 34.5 Å². The molecule has 1 aliphatic rings. The predicted molar refractivity (Wildman–Crippen MR) is 125 cm³/mol. The first-order chi connectivity index (χ1) is 15.4. The zero-order chi connectivity index (χ0) is 22.6. The van der Waals surface area contributed by atoms with Crippen molar-refractivity contribution in [3.05, 3.63) is 59.5 Å². The molecule has 1 aromatic carbocycles. The Balaban J connectivity index is 1.50. The monoisotopic (exact) mass is 451 g/mol. The molecule has 1 amide bonds. The van der Waals surface area contributed by atoms with Crippen molar-refractivity contribution in [1.29, 1.82) is 0 Å². The summed E-state index contributed by atoms with van der Waals surface area (Å²) < 4.78 is 13.2. The van der Waals surface area contributed by atoms with Gasteiger partial charge in [-0.25, -0.2) is 9.24 Å². The fourth-order valence-corrected chi connectivity index (χ4v) is 4.89. The lowest BCUT2D eigenvalue weighted by Crippen LogP contribution is -2.60. The van der Waals surface area contributed by atoms with Crippen LogP contribution in [-0.4, -0.2) is 55.2 Å². The maximum atomic E-state index is 13.0. The Morgan fingerprint density at radius 1 is 1.28 bits per heavy atom. The van der Waals surface area contributed by atoms with E-state index in [2.05, 4.69) is 26.8 Å². The van der Waals surface area contributed by atoms with Crippen LogP contribution in [0.1, 0.15) is 28.5 Å². The lowest BCUT2D eigenvalue weighted by atomic mass is 9.99. The topological polar surface area (TPSA) is 84.0 Å². The number of aryl methyl sites for hydroxylation is 2. The van der Waals surface area contributed by atoms with Gasteiger partial charge in [0.25, 0.3) is 5.91 Å². The Kier molecular flexibility index (Phi) is 5.11. The highest BCUT2D eigenvalue weighted by Gasteiger charge is 2.38. The van der Waals surface area contributed by atoms with Gasteiger partial charge in [-0.2, -0.15) is 5.10 Å². The summed E-state index contributed by atoms with van der Waals surface area (Å²) in [6.45, 7) is 6.18. The number of β-amino-alcohol motifs (C(OH)–C–C–N with tert-alkyl or cyclic N) is 1. The number of hydrogen-bond acceptors (Lipinski definition) is 6. The van der Waals surface area contributed by atoms with Crippen LogP contribution in [0.5, 0.6) is 11.5 Å². The van der Waals surface area contributed by atoms with E-state index in [1.54, 1.807) is 21.8 Å². The Morgan fingerprint density at radius 2 is 2.09 bits per heavy atom. The molecule has 32 heavy (non-hydrogen) atoms. The van der Waals surface area contributed by atoms with Gasteiger partial charge in [0.1, 0.15) is 11.3 Å². The van der Waals surface area contributed by atoms with E-state index in [0.29, 0.717) is 23.6 Å². The number of aliphatic hydroxyl groups is 1. The second kappa shape index (κ2) is 7.84.